The minimum atomic E-state index is 0.171. The Kier molecular flexibility index (Phi) is 7.08. The van der Waals surface area contributed by atoms with Gasteiger partial charge in [0.1, 0.15) is 11.3 Å². The Morgan fingerprint density at radius 3 is 2.39 bits per heavy atom. The van der Waals surface area contributed by atoms with E-state index in [4.69, 9.17) is 14.4 Å². The van der Waals surface area contributed by atoms with E-state index in [1.807, 2.05) is 42.9 Å². The molecule has 4 aromatic carbocycles. The Hall–Kier alpha value is -7.31. The predicted octanol–water partition coefficient (Wildman–Crippen LogP) is 12.2. The number of hydrogen-bond donors (Lipinski definition) is 0. The highest BCUT2D eigenvalue weighted by Gasteiger charge is 2.39. The number of rotatable bonds is 5. The molecular weight excluding hydrogens is 699 g/mol. The zero-order chi connectivity index (χ0) is 37.5. The number of para-hydroxylation sites is 1. The van der Waals surface area contributed by atoms with E-state index in [2.05, 4.69) is 148 Å². The van der Waals surface area contributed by atoms with Crippen LogP contribution in [0.2, 0.25) is 0 Å². The van der Waals surface area contributed by atoms with Crippen molar-refractivity contribution in [1.82, 2.24) is 19.5 Å². The van der Waals surface area contributed by atoms with Crippen molar-refractivity contribution in [2.75, 3.05) is 4.90 Å². The maximum Gasteiger partial charge on any atom is 0.135 e. The zero-order valence-electron chi connectivity index (χ0n) is 31.0. The second-order valence-electron chi connectivity index (χ2n) is 15.1. The van der Waals surface area contributed by atoms with E-state index < -0.39 is 0 Å². The maximum absolute atomic E-state index is 6.54. The third kappa shape index (κ3) is 5.00. The van der Waals surface area contributed by atoms with Crippen molar-refractivity contribution in [2.45, 2.75) is 24.8 Å². The lowest BCUT2D eigenvalue weighted by molar-refractivity contribution is 0.543. The van der Waals surface area contributed by atoms with Gasteiger partial charge in [0, 0.05) is 64.2 Å². The number of nitrogens with zero attached hydrogens (tertiary/aromatic N) is 5. The number of hydrogen-bond acceptors (Lipinski definition) is 5. The highest BCUT2D eigenvalue weighted by atomic mass is 16.3. The van der Waals surface area contributed by atoms with Gasteiger partial charge in [-0.05, 0) is 114 Å². The summed E-state index contributed by atoms with van der Waals surface area (Å²) in [4.78, 5) is 17.0. The van der Waals surface area contributed by atoms with E-state index in [0.29, 0.717) is 0 Å². The first kappa shape index (κ1) is 32.0. The number of fused-ring (bicyclic) bond motifs is 9. The van der Waals surface area contributed by atoms with Gasteiger partial charge in [0.2, 0.25) is 0 Å². The van der Waals surface area contributed by atoms with Gasteiger partial charge in [-0.15, -0.1) is 0 Å². The van der Waals surface area contributed by atoms with Gasteiger partial charge >= 0.3 is 0 Å². The van der Waals surface area contributed by atoms with Gasteiger partial charge in [-0.1, -0.05) is 72.8 Å². The lowest BCUT2D eigenvalue weighted by Gasteiger charge is -2.30. The van der Waals surface area contributed by atoms with Crippen molar-refractivity contribution in [3.05, 3.63) is 198 Å². The fourth-order valence-corrected chi connectivity index (χ4v) is 9.42. The van der Waals surface area contributed by atoms with Crippen molar-refractivity contribution in [3.63, 3.8) is 0 Å². The van der Waals surface area contributed by atoms with Crippen molar-refractivity contribution in [1.29, 1.82) is 0 Å². The molecule has 3 aliphatic rings. The molecule has 2 atom stereocenters. The molecule has 0 radical (unpaired) electrons. The summed E-state index contributed by atoms with van der Waals surface area (Å²) in [6, 6.07) is 47.2. The monoisotopic (exact) mass is 733 g/mol. The molecule has 0 amide bonds. The highest BCUT2D eigenvalue weighted by Crippen LogP contribution is 2.49. The summed E-state index contributed by atoms with van der Waals surface area (Å²) in [5, 5.41) is 2.24. The molecular formula is C51H35N5O. The first-order valence-electron chi connectivity index (χ1n) is 19.6. The van der Waals surface area contributed by atoms with Gasteiger partial charge < -0.3 is 13.9 Å². The van der Waals surface area contributed by atoms with E-state index in [1.54, 1.807) is 0 Å². The molecule has 0 fully saturated rings. The molecule has 270 valence electrons. The minimum absolute atomic E-state index is 0.171. The topological polar surface area (TPSA) is 60.0 Å². The summed E-state index contributed by atoms with van der Waals surface area (Å²) < 4.78 is 8.88. The lowest BCUT2D eigenvalue weighted by atomic mass is 9.84. The van der Waals surface area contributed by atoms with Gasteiger partial charge in [-0.25, -0.2) is 0 Å². The Labute approximate surface area is 329 Å². The summed E-state index contributed by atoms with van der Waals surface area (Å²) in [6.45, 7) is 0. The van der Waals surface area contributed by atoms with Crippen molar-refractivity contribution in [3.8, 4) is 28.1 Å². The van der Waals surface area contributed by atoms with E-state index in [1.165, 1.54) is 28.1 Å². The molecule has 2 unspecified atom stereocenters. The van der Waals surface area contributed by atoms with Crippen LogP contribution < -0.4 is 4.90 Å². The van der Waals surface area contributed by atoms with Gasteiger partial charge in [0.15, 0.2) is 0 Å². The van der Waals surface area contributed by atoms with Gasteiger partial charge in [-0.2, -0.15) is 0 Å². The smallest absolute Gasteiger partial charge is 0.135 e. The number of allylic oxidation sites excluding steroid dienone is 3. The van der Waals surface area contributed by atoms with E-state index >= 15 is 0 Å². The summed E-state index contributed by atoms with van der Waals surface area (Å²) in [7, 11) is 0. The number of aromatic nitrogens is 4. The molecule has 6 heterocycles. The number of benzene rings is 4. The SMILES string of the molecule is C1=CC2C(C=C1C1=Cc3c(oc4ccc(-n5c6ccc(-c7ccccc7-c7ccccn7)cc6c6ncccc65)cc34)CC1)c1ncccc1N2c1ccccc1. The Morgan fingerprint density at radius 1 is 0.632 bits per heavy atom. The molecule has 2 aliphatic carbocycles. The average Bonchev–Trinajstić information content (AvgIpc) is 3.93. The molecule has 0 saturated heterocycles. The predicted molar refractivity (Wildman–Crippen MR) is 230 cm³/mol. The van der Waals surface area contributed by atoms with Crippen LogP contribution in [0.5, 0.6) is 0 Å². The van der Waals surface area contributed by atoms with Crippen molar-refractivity contribution < 1.29 is 4.42 Å². The number of anilines is 2. The van der Waals surface area contributed by atoms with Gasteiger partial charge in [0.25, 0.3) is 0 Å². The summed E-state index contributed by atoms with van der Waals surface area (Å²) in [6.07, 6.45) is 16.9. The Balaban J connectivity index is 0.944. The zero-order valence-corrected chi connectivity index (χ0v) is 31.0. The van der Waals surface area contributed by atoms with Gasteiger partial charge in [0.05, 0.1) is 39.7 Å². The quantitative estimate of drug-likeness (QED) is 0.176. The van der Waals surface area contributed by atoms with E-state index in [0.717, 1.165) is 85.3 Å². The van der Waals surface area contributed by atoms with Crippen LogP contribution in [0.15, 0.2) is 186 Å². The van der Waals surface area contributed by atoms with Gasteiger partial charge in [-0.3, -0.25) is 15.0 Å². The Morgan fingerprint density at radius 2 is 1.47 bits per heavy atom. The van der Waals surface area contributed by atoms with Crippen LogP contribution in [0.3, 0.4) is 0 Å². The van der Waals surface area contributed by atoms with E-state index in [9.17, 15) is 0 Å². The molecule has 1 aliphatic heterocycles. The molecule has 5 aromatic heterocycles. The van der Waals surface area contributed by atoms with Crippen LogP contribution in [-0.2, 0) is 6.42 Å². The average molecular weight is 734 g/mol. The second-order valence-corrected chi connectivity index (χ2v) is 15.1. The summed E-state index contributed by atoms with van der Waals surface area (Å²) in [5.41, 5.74) is 16.8. The van der Waals surface area contributed by atoms with Crippen LogP contribution in [-0.4, -0.2) is 25.6 Å². The minimum Gasteiger partial charge on any atom is -0.460 e. The molecule has 0 saturated carbocycles. The summed E-state index contributed by atoms with van der Waals surface area (Å²) in [5.74, 6) is 1.22. The molecule has 6 heteroatoms. The van der Waals surface area contributed by atoms with Crippen molar-refractivity contribution >= 4 is 50.4 Å². The molecule has 6 nitrogen and oxygen atoms in total. The first-order chi connectivity index (χ1) is 28.3. The Bertz CT molecular complexity index is 3150. The number of aryl methyl sites for hydroxylation is 1. The fourth-order valence-electron chi connectivity index (χ4n) is 9.42. The third-order valence-electron chi connectivity index (χ3n) is 12.0. The third-order valence-corrected chi connectivity index (χ3v) is 12.0. The van der Waals surface area contributed by atoms with Crippen LogP contribution >= 0.6 is 0 Å². The number of furan rings is 1. The first-order valence-corrected chi connectivity index (χ1v) is 19.6. The molecule has 12 rings (SSSR count). The second kappa shape index (κ2) is 12.6. The largest absolute Gasteiger partial charge is 0.460 e. The standard InChI is InChI=1S/C51H35N5O/c1-2-10-35(11-3-1)55-44-21-17-32(29-41(44)50-46(55)15-8-26-53-50)33-19-23-48-39(28-33)40-31-36(20-24-49(40)57-48)56-45-22-18-34(30-42(45)51-47(56)16-9-27-54-51)37-12-4-5-13-38(37)43-14-6-7-25-52-43/h1-18,20-22,24-31,41,44H,19,23H2. The van der Waals surface area contributed by atoms with E-state index in [-0.39, 0.29) is 12.0 Å². The fraction of sp³-hybridized carbons (Fsp3) is 0.0784. The highest BCUT2D eigenvalue weighted by molar-refractivity contribution is 6.09. The van der Waals surface area contributed by atoms with Crippen LogP contribution in [0.25, 0.3) is 67.1 Å². The molecule has 9 aromatic rings. The molecule has 0 bridgehead atoms. The van der Waals surface area contributed by atoms with Crippen LogP contribution in [0.1, 0.15) is 29.4 Å². The maximum atomic E-state index is 6.54. The van der Waals surface area contributed by atoms with Crippen LogP contribution in [0, 0.1) is 0 Å². The lowest BCUT2D eigenvalue weighted by Crippen LogP contribution is -2.29. The molecule has 0 N–H and O–H groups in total. The van der Waals surface area contributed by atoms with Crippen molar-refractivity contribution in [2.24, 2.45) is 0 Å². The summed E-state index contributed by atoms with van der Waals surface area (Å²) >= 11 is 0. The molecule has 57 heavy (non-hydrogen) atoms. The normalized spacial score (nSPS) is 17.1. The molecule has 0 spiro atoms. The van der Waals surface area contributed by atoms with Crippen LogP contribution in [0.4, 0.5) is 11.4 Å². The number of pyridine rings is 3.